The first-order chi connectivity index (χ1) is 7.39. The van der Waals surface area contributed by atoms with E-state index in [4.69, 9.17) is 10.3 Å². The number of hydrogen-bond donors (Lipinski definition) is 1. The maximum absolute atomic E-state index is 6.13. The molecular weight excluding hydrogens is 238 g/mol. The van der Waals surface area contributed by atoms with E-state index in [1.165, 1.54) is 6.42 Å². The van der Waals surface area contributed by atoms with Crippen molar-refractivity contribution in [1.82, 2.24) is 10.1 Å². The van der Waals surface area contributed by atoms with Gasteiger partial charge in [0, 0.05) is 6.42 Å². The van der Waals surface area contributed by atoms with Gasteiger partial charge in [-0.2, -0.15) is 4.98 Å². The SMILES string of the molecule is CC(C)(C)CCc1nc(C2(N)CCC2)no1.Cl. The smallest absolute Gasteiger partial charge is 0.226 e. The van der Waals surface area contributed by atoms with E-state index in [0.717, 1.165) is 31.6 Å². The molecule has 1 fully saturated rings. The minimum atomic E-state index is -0.302. The molecule has 1 aliphatic carbocycles. The first kappa shape index (κ1) is 14.5. The highest BCUT2D eigenvalue weighted by atomic mass is 35.5. The second-order valence-corrected chi connectivity index (χ2v) is 6.08. The average Bonchev–Trinajstić information content (AvgIpc) is 2.58. The fourth-order valence-corrected chi connectivity index (χ4v) is 1.82. The Balaban J connectivity index is 0.00000144. The van der Waals surface area contributed by atoms with Crippen LogP contribution in [0.1, 0.15) is 58.2 Å². The quantitative estimate of drug-likeness (QED) is 0.907. The third-order valence-corrected chi connectivity index (χ3v) is 3.25. The van der Waals surface area contributed by atoms with Crippen LogP contribution >= 0.6 is 12.4 Å². The largest absolute Gasteiger partial charge is 0.339 e. The number of halogens is 1. The maximum Gasteiger partial charge on any atom is 0.226 e. The fourth-order valence-electron chi connectivity index (χ4n) is 1.82. The van der Waals surface area contributed by atoms with E-state index >= 15 is 0 Å². The minimum absolute atomic E-state index is 0. The molecule has 0 bridgehead atoms. The summed E-state index contributed by atoms with van der Waals surface area (Å²) in [5.74, 6) is 1.42. The zero-order valence-corrected chi connectivity index (χ0v) is 11.6. The van der Waals surface area contributed by atoms with Crippen LogP contribution in [0.4, 0.5) is 0 Å². The molecule has 1 heterocycles. The number of nitrogens with zero attached hydrogens (tertiary/aromatic N) is 2. The van der Waals surface area contributed by atoms with Crippen LogP contribution in [0.2, 0.25) is 0 Å². The third-order valence-electron chi connectivity index (χ3n) is 3.25. The maximum atomic E-state index is 6.13. The first-order valence-corrected chi connectivity index (χ1v) is 6.01. The van der Waals surface area contributed by atoms with E-state index in [9.17, 15) is 0 Å². The molecule has 0 aromatic carbocycles. The van der Waals surface area contributed by atoms with Crippen molar-refractivity contribution >= 4 is 12.4 Å². The van der Waals surface area contributed by atoms with Crippen molar-refractivity contribution in [3.63, 3.8) is 0 Å². The van der Waals surface area contributed by atoms with Gasteiger partial charge in [-0.15, -0.1) is 12.4 Å². The zero-order chi connectivity index (χ0) is 11.8. The highest BCUT2D eigenvalue weighted by Gasteiger charge is 2.38. The molecule has 0 unspecified atom stereocenters. The molecule has 1 aliphatic rings. The fraction of sp³-hybridized carbons (Fsp3) is 0.833. The van der Waals surface area contributed by atoms with Gasteiger partial charge >= 0.3 is 0 Å². The van der Waals surface area contributed by atoms with E-state index < -0.39 is 0 Å². The number of aryl methyl sites for hydroxylation is 1. The molecule has 1 aromatic heterocycles. The van der Waals surface area contributed by atoms with E-state index in [1.54, 1.807) is 0 Å². The van der Waals surface area contributed by atoms with Crippen molar-refractivity contribution in [2.24, 2.45) is 11.1 Å². The minimum Gasteiger partial charge on any atom is -0.339 e. The predicted molar refractivity (Wildman–Crippen MR) is 69.0 cm³/mol. The Hall–Kier alpha value is -0.610. The summed E-state index contributed by atoms with van der Waals surface area (Å²) in [6.45, 7) is 6.63. The van der Waals surface area contributed by atoms with Crippen LogP contribution in [0.25, 0.3) is 0 Å². The number of aromatic nitrogens is 2. The number of nitrogens with two attached hydrogens (primary N) is 1. The van der Waals surface area contributed by atoms with E-state index in [2.05, 4.69) is 30.9 Å². The lowest BCUT2D eigenvalue weighted by atomic mass is 9.77. The molecule has 0 aliphatic heterocycles. The van der Waals surface area contributed by atoms with E-state index in [-0.39, 0.29) is 17.9 Å². The topological polar surface area (TPSA) is 64.9 Å². The van der Waals surface area contributed by atoms with Gasteiger partial charge in [0.1, 0.15) is 0 Å². The molecule has 2 rings (SSSR count). The Morgan fingerprint density at radius 3 is 2.47 bits per heavy atom. The highest BCUT2D eigenvalue weighted by Crippen LogP contribution is 2.37. The van der Waals surface area contributed by atoms with Crippen molar-refractivity contribution in [2.75, 3.05) is 0 Å². The molecule has 0 amide bonds. The number of rotatable bonds is 3. The molecule has 0 atom stereocenters. The summed E-state index contributed by atoms with van der Waals surface area (Å²) in [4.78, 5) is 4.40. The molecule has 1 saturated carbocycles. The lowest BCUT2D eigenvalue weighted by Gasteiger charge is -2.34. The van der Waals surface area contributed by atoms with Gasteiger partial charge in [-0.25, -0.2) is 0 Å². The van der Waals surface area contributed by atoms with Crippen molar-refractivity contribution < 1.29 is 4.52 Å². The Morgan fingerprint density at radius 2 is 2.00 bits per heavy atom. The summed E-state index contributed by atoms with van der Waals surface area (Å²) in [7, 11) is 0. The average molecular weight is 260 g/mol. The standard InChI is InChI=1S/C12H21N3O.ClH/c1-11(2,3)8-5-9-14-10(15-16-9)12(13)6-4-7-12;/h4-8,13H2,1-3H3;1H. The van der Waals surface area contributed by atoms with Gasteiger partial charge in [0.05, 0.1) is 5.54 Å². The molecular formula is C12H22ClN3O. The van der Waals surface area contributed by atoms with Crippen molar-refractivity contribution in [2.45, 2.75) is 58.4 Å². The van der Waals surface area contributed by atoms with Crippen LogP contribution < -0.4 is 5.73 Å². The number of hydrogen-bond acceptors (Lipinski definition) is 4. The molecule has 4 nitrogen and oxygen atoms in total. The monoisotopic (exact) mass is 259 g/mol. The molecule has 2 N–H and O–H groups in total. The summed E-state index contributed by atoms with van der Waals surface area (Å²) < 4.78 is 5.24. The van der Waals surface area contributed by atoms with Crippen LogP contribution in [0.5, 0.6) is 0 Å². The molecule has 0 saturated heterocycles. The Bertz CT molecular complexity index is 366. The predicted octanol–water partition coefficient (Wildman–Crippen LogP) is 2.81. The summed E-state index contributed by atoms with van der Waals surface area (Å²) >= 11 is 0. The van der Waals surface area contributed by atoms with Gasteiger partial charge in [-0.05, 0) is 31.1 Å². The molecule has 17 heavy (non-hydrogen) atoms. The van der Waals surface area contributed by atoms with Crippen molar-refractivity contribution in [1.29, 1.82) is 0 Å². The van der Waals surface area contributed by atoms with Crippen LogP contribution in [-0.4, -0.2) is 10.1 Å². The first-order valence-electron chi connectivity index (χ1n) is 6.01. The summed E-state index contributed by atoms with van der Waals surface area (Å²) in [5.41, 5.74) is 6.13. The lowest BCUT2D eigenvalue weighted by molar-refractivity contribution is 0.228. The van der Waals surface area contributed by atoms with Gasteiger partial charge in [0.15, 0.2) is 5.82 Å². The van der Waals surface area contributed by atoms with Crippen LogP contribution in [0.15, 0.2) is 4.52 Å². The van der Waals surface area contributed by atoms with E-state index in [0.29, 0.717) is 11.2 Å². The Labute approximate surface area is 109 Å². The van der Waals surface area contributed by atoms with Crippen LogP contribution in [0.3, 0.4) is 0 Å². The van der Waals surface area contributed by atoms with Gasteiger partial charge in [-0.3, -0.25) is 0 Å². The normalized spacial score (nSPS) is 18.4. The molecule has 0 radical (unpaired) electrons. The van der Waals surface area contributed by atoms with Crippen molar-refractivity contribution in [3.8, 4) is 0 Å². The Morgan fingerprint density at radius 1 is 1.35 bits per heavy atom. The van der Waals surface area contributed by atoms with Gasteiger partial charge in [0.25, 0.3) is 0 Å². The van der Waals surface area contributed by atoms with Crippen molar-refractivity contribution in [3.05, 3.63) is 11.7 Å². The highest BCUT2D eigenvalue weighted by molar-refractivity contribution is 5.85. The second-order valence-electron chi connectivity index (χ2n) is 6.08. The van der Waals surface area contributed by atoms with Gasteiger partial charge < -0.3 is 10.3 Å². The molecule has 1 aromatic rings. The molecule has 98 valence electrons. The summed E-state index contributed by atoms with van der Waals surface area (Å²) in [5, 5.41) is 4.00. The van der Waals surface area contributed by atoms with E-state index in [1.807, 2.05) is 0 Å². The van der Waals surface area contributed by atoms with Crippen LogP contribution in [0, 0.1) is 5.41 Å². The third kappa shape index (κ3) is 3.42. The summed E-state index contributed by atoms with van der Waals surface area (Å²) in [6, 6.07) is 0. The summed E-state index contributed by atoms with van der Waals surface area (Å²) in [6.07, 6.45) is 5.01. The Kier molecular flexibility index (Phi) is 4.20. The molecule has 0 spiro atoms. The van der Waals surface area contributed by atoms with Gasteiger partial charge in [0.2, 0.25) is 5.89 Å². The zero-order valence-electron chi connectivity index (χ0n) is 10.8. The van der Waals surface area contributed by atoms with Gasteiger partial charge in [-0.1, -0.05) is 25.9 Å². The van der Waals surface area contributed by atoms with Crippen LogP contribution in [-0.2, 0) is 12.0 Å². The molecule has 5 heteroatoms. The second kappa shape index (κ2) is 4.94. The lowest BCUT2D eigenvalue weighted by Crippen LogP contribution is -2.44.